The van der Waals surface area contributed by atoms with E-state index in [1.54, 1.807) is 18.2 Å². The second-order valence-electron chi connectivity index (χ2n) is 1.93. The highest BCUT2D eigenvalue weighted by molar-refractivity contribution is 7.80. The Balaban J connectivity index is 3.30. The van der Waals surface area contributed by atoms with Gasteiger partial charge in [0.1, 0.15) is 11.8 Å². The number of nitrogens with one attached hydrogen (secondary N) is 1. The van der Waals surface area contributed by atoms with E-state index in [9.17, 15) is 0 Å². The summed E-state index contributed by atoms with van der Waals surface area (Å²) in [5, 5.41) is 11.7. The lowest BCUT2D eigenvalue weighted by Crippen LogP contribution is -1.74. The van der Waals surface area contributed by atoms with Crippen molar-refractivity contribution in [2.45, 2.75) is 4.90 Å². The number of nitrogens with zero attached hydrogens (tertiary/aromatic N) is 2. The van der Waals surface area contributed by atoms with Gasteiger partial charge in [-0.15, -0.1) is 12.6 Å². The monoisotopic (exact) mass is 163 g/mol. The average molecular weight is 163 g/mol. The Morgan fingerprint density at radius 1 is 1.55 bits per heavy atom. The number of benzene rings is 1. The Morgan fingerprint density at radius 2 is 2.27 bits per heavy atom. The van der Waals surface area contributed by atoms with Crippen LogP contribution in [0.2, 0.25) is 0 Å². The number of nitriles is 1. The Hall–Kier alpha value is -1.34. The molecule has 54 valence electrons. The molecule has 0 atom stereocenters. The molecule has 1 aromatic rings. The molecule has 0 radical (unpaired) electrons. The maximum absolute atomic E-state index is 8.55. The maximum Gasteiger partial charge on any atom is 0.103 e. The van der Waals surface area contributed by atoms with Gasteiger partial charge in [-0.3, -0.25) is 0 Å². The lowest BCUT2D eigenvalue weighted by Gasteiger charge is -1.94. The maximum atomic E-state index is 8.55. The molecule has 0 aromatic heterocycles. The van der Waals surface area contributed by atoms with E-state index in [-0.39, 0.29) is 0 Å². The van der Waals surface area contributed by atoms with Crippen molar-refractivity contribution in [2.75, 3.05) is 0 Å². The molecular formula is C7H5N3S. The number of hydrogen-bond donors (Lipinski definition) is 2. The first-order chi connectivity index (χ1) is 5.27. The first-order valence-corrected chi connectivity index (χ1v) is 3.33. The van der Waals surface area contributed by atoms with Crippen LogP contribution in [-0.2, 0) is 0 Å². The summed E-state index contributed by atoms with van der Waals surface area (Å²) in [5.74, 6) is 0. The lowest BCUT2D eigenvalue weighted by atomic mass is 10.2. The minimum absolute atomic E-state index is 0.380. The van der Waals surface area contributed by atoms with Gasteiger partial charge >= 0.3 is 0 Å². The molecule has 0 aliphatic rings. The summed E-state index contributed by atoms with van der Waals surface area (Å²) < 4.78 is 0. The summed E-state index contributed by atoms with van der Waals surface area (Å²) in [5.41, 5.74) is 7.47. The third-order valence-corrected chi connectivity index (χ3v) is 1.50. The minimum Gasteiger partial charge on any atom is -0.204 e. The van der Waals surface area contributed by atoms with Crippen molar-refractivity contribution in [3.05, 3.63) is 23.8 Å². The summed E-state index contributed by atoms with van der Waals surface area (Å²) in [6, 6.07) is 6.79. The van der Waals surface area contributed by atoms with E-state index in [0.717, 1.165) is 0 Å². The molecule has 11 heavy (non-hydrogen) atoms. The lowest BCUT2D eigenvalue weighted by molar-refractivity contribution is 1.14. The van der Waals surface area contributed by atoms with Crippen LogP contribution in [0.4, 0.5) is 5.69 Å². The van der Waals surface area contributed by atoms with E-state index in [4.69, 9.17) is 10.8 Å². The zero-order valence-corrected chi connectivity index (χ0v) is 6.47. The van der Waals surface area contributed by atoms with E-state index in [0.29, 0.717) is 16.1 Å². The Kier molecular flexibility index (Phi) is 2.24. The molecule has 1 rings (SSSR count). The highest BCUT2D eigenvalue weighted by Gasteiger charge is 1.99. The van der Waals surface area contributed by atoms with E-state index in [1.807, 2.05) is 6.07 Å². The van der Waals surface area contributed by atoms with Crippen molar-refractivity contribution < 1.29 is 0 Å². The predicted octanol–water partition coefficient (Wildman–Crippen LogP) is 2.51. The number of thiol groups is 1. The fourth-order valence-electron chi connectivity index (χ4n) is 0.711. The third kappa shape index (κ3) is 1.57. The third-order valence-electron chi connectivity index (χ3n) is 1.22. The van der Waals surface area contributed by atoms with Crippen molar-refractivity contribution in [3.63, 3.8) is 0 Å². The summed E-state index contributed by atoms with van der Waals surface area (Å²) in [6.45, 7) is 0. The summed E-state index contributed by atoms with van der Waals surface area (Å²) in [7, 11) is 0. The van der Waals surface area contributed by atoms with Crippen molar-refractivity contribution in [2.24, 2.45) is 5.11 Å². The molecule has 0 unspecified atom stereocenters. The van der Waals surface area contributed by atoms with Crippen LogP contribution in [0, 0.1) is 16.9 Å². The summed E-state index contributed by atoms with van der Waals surface area (Å²) in [6.07, 6.45) is 0. The van der Waals surface area contributed by atoms with Crippen LogP contribution in [0.5, 0.6) is 0 Å². The largest absolute Gasteiger partial charge is 0.204 e. The Morgan fingerprint density at radius 3 is 2.82 bits per heavy atom. The molecule has 0 aliphatic heterocycles. The van der Waals surface area contributed by atoms with Crippen molar-refractivity contribution in [1.29, 1.82) is 10.8 Å². The molecule has 0 amide bonds. The molecule has 1 N–H and O–H groups in total. The second-order valence-corrected chi connectivity index (χ2v) is 2.44. The smallest absolute Gasteiger partial charge is 0.103 e. The van der Waals surface area contributed by atoms with Crippen LogP contribution in [0.15, 0.2) is 28.2 Å². The zero-order chi connectivity index (χ0) is 8.27. The van der Waals surface area contributed by atoms with Gasteiger partial charge in [0.25, 0.3) is 0 Å². The topological polar surface area (TPSA) is 60.0 Å². The fraction of sp³-hybridized carbons (Fsp3) is 0. The quantitative estimate of drug-likeness (QED) is 0.485. The van der Waals surface area contributed by atoms with Gasteiger partial charge in [-0.1, -0.05) is 0 Å². The molecule has 0 heterocycles. The van der Waals surface area contributed by atoms with Gasteiger partial charge in [0, 0.05) is 4.90 Å². The fourth-order valence-corrected chi connectivity index (χ4v) is 0.915. The predicted molar refractivity (Wildman–Crippen MR) is 43.2 cm³/mol. The van der Waals surface area contributed by atoms with Gasteiger partial charge in [-0.05, 0) is 18.2 Å². The van der Waals surface area contributed by atoms with Gasteiger partial charge in [0.2, 0.25) is 0 Å². The zero-order valence-electron chi connectivity index (χ0n) is 5.57. The normalized spacial score (nSPS) is 8.73. The Bertz CT molecular complexity index is 327. The van der Waals surface area contributed by atoms with Gasteiger partial charge in [0.05, 0.1) is 5.56 Å². The Labute approximate surface area is 69.6 Å². The highest BCUT2D eigenvalue weighted by Crippen LogP contribution is 2.20. The highest BCUT2D eigenvalue weighted by atomic mass is 32.1. The SMILES string of the molecule is N#Cc1cc(S)ccc1N=N. The van der Waals surface area contributed by atoms with Crippen LogP contribution in [-0.4, -0.2) is 0 Å². The van der Waals surface area contributed by atoms with Gasteiger partial charge in [0.15, 0.2) is 0 Å². The standard InChI is InChI=1S/C7H5N3S/c8-4-5-3-6(11)1-2-7(5)10-9/h1-3,9,11H. The van der Waals surface area contributed by atoms with E-state index in [2.05, 4.69) is 17.7 Å². The molecule has 0 saturated carbocycles. The van der Waals surface area contributed by atoms with Gasteiger partial charge in [-0.25, -0.2) is 5.53 Å². The van der Waals surface area contributed by atoms with Gasteiger partial charge < -0.3 is 0 Å². The van der Waals surface area contributed by atoms with Gasteiger partial charge in [-0.2, -0.15) is 10.4 Å². The van der Waals surface area contributed by atoms with Crippen LogP contribution in [0.3, 0.4) is 0 Å². The minimum atomic E-state index is 0.380. The first kappa shape index (κ1) is 7.76. The molecule has 0 bridgehead atoms. The first-order valence-electron chi connectivity index (χ1n) is 2.88. The van der Waals surface area contributed by atoms with Crippen LogP contribution in [0.1, 0.15) is 5.56 Å². The number of rotatable bonds is 1. The molecule has 3 nitrogen and oxygen atoms in total. The molecular weight excluding hydrogens is 158 g/mol. The summed E-state index contributed by atoms with van der Waals surface area (Å²) in [4.78, 5) is 0.703. The number of hydrogen-bond acceptors (Lipinski definition) is 4. The van der Waals surface area contributed by atoms with Crippen LogP contribution < -0.4 is 0 Å². The van der Waals surface area contributed by atoms with E-state index < -0.39 is 0 Å². The van der Waals surface area contributed by atoms with Crippen molar-refractivity contribution >= 4 is 18.3 Å². The molecule has 4 heteroatoms. The second kappa shape index (κ2) is 3.17. The molecule has 1 aromatic carbocycles. The van der Waals surface area contributed by atoms with E-state index >= 15 is 0 Å². The molecule has 0 fully saturated rings. The summed E-state index contributed by atoms with van der Waals surface area (Å²) >= 11 is 4.04. The molecule has 0 saturated heterocycles. The van der Waals surface area contributed by atoms with Crippen molar-refractivity contribution in [1.82, 2.24) is 0 Å². The molecule has 0 aliphatic carbocycles. The van der Waals surface area contributed by atoms with Crippen LogP contribution >= 0.6 is 12.6 Å². The molecule has 0 spiro atoms. The average Bonchev–Trinajstić information content (AvgIpc) is 2.04. The van der Waals surface area contributed by atoms with Crippen LogP contribution in [0.25, 0.3) is 0 Å². The van der Waals surface area contributed by atoms with E-state index in [1.165, 1.54) is 0 Å². The van der Waals surface area contributed by atoms with Crippen molar-refractivity contribution in [3.8, 4) is 6.07 Å².